The number of amides is 2. The molecule has 0 aliphatic carbocycles. The highest BCUT2D eigenvalue weighted by molar-refractivity contribution is 8.00. The van der Waals surface area contributed by atoms with Crippen LogP contribution in [-0.2, 0) is 22.4 Å². The summed E-state index contributed by atoms with van der Waals surface area (Å²) in [6, 6.07) is 17.8. The molecular formula is C25H30N4O3S. The van der Waals surface area contributed by atoms with Crippen molar-refractivity contribution >= 4 is 29.3 Å². The highest BCUT2D eigenvalue weighted by Gasteiger charge is 2.23. The number of rotatable bonds is 10. The van der Waals surface area contributed by atoms with Gasteiger partial charge >= 0.3 is 0 Å². The minimum Gasteiger partial charge on any atom is -0.416 e. The molecule has 0 saturated heterocycles. The van der Waals surface area contributed by atoms with Crippen LogP contribution < -0.4 is 5.32 Å². The molecule has 1 heterocycles. The van der Waals surface area contributed by atoms with Crippen molar-refractivity contribution in [2.45, 2.75) is 50.0 Å². The van der Waals surface area contributed by atoms with E-state index in [-0.39, 0.29) is 24.3 Å². The second-order valence-corrected chi connectivity index (χ2v) is 9.28. The quantitative estimate of drug-likeness (QED) is 0.441. The van der Waals surface area contributed by atoms with Gasteiger partial charge in [0, 0.05) is 19.2 Å². The molecule has 2 aromatic carbocycles. The van der Waals surface area contributed by atoms with E-state index < -0.39 is 5.25 Å². The maximum absolute atomic E-state index is 12.8. The van der Waals surface area contributed by atoms with E-state index in [0.717, 1.165) is 17.7 Å². The van der Waals surface area contributed by atoms with Crippen LogP contribution in [0.1, 0.15) is 43.7 Å². The van der Waals surface area contributed by atoms with Gasteiger partial charge in [0.1, 0.15) is 0 Å². The summed E-state index contributed by atoms with van der Waals surface area (Å²) < 4.78 is 5.75. The van der Waals surface area contributed by atoms with E-state index in [1.54, 1.807) is 14.0 Å². The van der Waals surface area contributed by atoms with Crippen molar-refractivity contribution in [2.75, 3.05) is 18.9 Å². The lowest BCUT2D eigenvalue weighted by molar-refractivity contribution is -0.132. The van der Waals surface area contributed by atoms with E-state index in [2.05, 4.69) is 34.6 Å². The second-order valence-electron chi connectivity index (χ2n) is 7.99. The molecule has 8 heteroatoms. The average Bonchev–Trinajstić information content (AvgIpc) is 3.25. The molecule has 0 aliphatic rings. The predicted octanol–water partition coefficient (Wildman–Crippen LogP) is 4.56. The Kier molecular flexibility index (Phi) is 8.65. The van der Waals surface area contributed by atoms with Crippen molar-refractivity contribution in [3.63, 3.8) is 0 Å². The number of likely N-dealkylation sites (N-methyl/N-ethyl adjacent to an activating group) is 1. The van der Waals surface area contributed by atoms with Crippen LogP contribution in [-0.4, -0.2) is 45.8 Å². The van der Waals surface area contributed by atoms with Gasteiger partial charge in [-0.25, -0.2) is 0 Å². The van der Waals surface area contributed by atoms with Gasteiger partial charge < -0.3 is 14.6 Å². The molecule has 174 valence electrons. The smallest absolute Gasteiger partial charge is 0.277 e. The first kappa shape index (κ1) is 24.5. The molecule has 0 radical (unpaired) electrons. The molecule has 0 spiro atoms. The first-order chi connectivity index (χ1) is 15.9. The van der Waals surface area contributed by atoms with Crippen molar-refractivity contribution in [3.8, 4) is 0 Å². The highest BCUT2D eigenvalue weighted by Crippen LogP contribution is 2.25. The van der Waals surface area contributed by atoms with Crippen molar-refractivity contribution in [1.29, 1.82) is 0 Å². The minimum atomic E-state index is -0.467. The Balaban J connectivity index is 1.51. The number of thioether (sulfide) groups is 1. The molecule has 2 amide bonds. The molecule has 3 aromatic rings. The number of nitrogens with one attached hydrogen (secondary N) is 1. The van der Waals surface area contributed by atoms with E-state index >= 15 is 0 Å². The molecular weight excluding hydrogens is 436 g/mol. The molecule has 7 nitrogen and oxygen atoms in total. The molecule has 3 rings (SSSR count). The van der Waals surface area contributed by atoms with E-state index in [4.69, 9.17) is 4.42 Å². The summed E-state index contributed by atoms with van der Waals surface area (Å²) in [5.41, 5.74) is 3.03. The minimum absolute atomic E-state index is 0.0363. The van der Waals surface area contributed by atoms with Crippen LogP contribution in [0.2, 0.25) is 0 Å². The first-order valence-corrected chi connectivity index (χ1v) is 11.9. The number of benzene rings is 2. The summed E-state index contributed by atoms with van der Waals surface area (Å²) in [4.78, 5) is 26.6. The van der Waals surface area contributed by atoms with Gasteiger partial charge in [-0.15, -0.1) is 10.2 Å². The van der Waals surface area contributed by atoms with Crippen molar-refractivity contribution in [3.05, 3.63) is 71.6 Å². The lowest BCUT2D eigenvalue weighted by atomic mass is 9.98. The van der Waals surface area contributed by atoms with Crippen LogP contribution >= 0.6 is 11.8 Å². The maximum Gasteiger partial charge on any atom is 0.277 e. The molecule has 0 fully saturated rings. The van der Waals surface area contributed by atoms with E-state index in [9.17, 15) is 9.59 Å². The number of para-hydroxylation sites is 1. The van der Waals surface area contributed by atoms with Gasteiger partial charge in [0.05, 0.1) is 11.8 Å². The predicted molar refractivity (Wildman–Crippen MR) is 130 cm³/mol. The van der Waals surface area contributed by atoms with Gasteiger partial charge in [0.15, 0.2) is 0 Å². The average molecular weight is 467 g/mol. The van der Waals surface area contributed by atoms with Crippen LogP contribution in [0.25, 0.3) is 0 Å². The summed E-state index contributed by atoms with van der Waals surface area (Å²) in [7, 11) is 1.62. The Morgan fingerprint density at radius 1 is 1.06 bits per heavy atom. The van der Waals surface area contributed by atoms with Gasteiger partial charge in [-0.2, -0.15) is 0 Å². The molecule has 1 aromatic heterocycles. The lowest BCUT2D eigenvalue weighted by Gasteiger charge is -2.20. The number of carbonyl (C=O) groups excluding carboxylic acids is 2. The second kappa shape index (κ2) is 11.7. The standard InChI is InChI=1S/C25H30N4O3S/c1-5-19-11-9-10-14-21(19)26-22(30)16-29(4)24(31)18(3)33-25-28-27-23(32-25)15-17(2)20-12-7-6-8-13-20/h6-14,17-18H,5,15-16H2,1-4H3,(H,26,30). The molecule has 0 saturated carbocycles. The van der Waals surface area contributed by atoms with Crippen molar-refractivity contribution in [2.24, 2.45) is 0 Å². The molecule has 2 unspecified atom stereocenters. The largest absolute Gasteiger partial charge is 0.416 e. The SMILES string of the molecule is CCc1ccccc1NC(=O)CN(C)C(=O)C(C)Sc1nnc(CC(C)c2ccccc2)o1. The fraction of sp³-hybridized carbons (Fsp3) is 0.360. The van der Waals surface area contributed by atoms with Crippen molar-refractivity contribution in [1.82, 2.24) is 15.1 Å². The number of anilines is 1. The van der Waals surface area contributed by atoms with E-state index in [1.807, 2.05) is 49.4 Å². The maximum atomic E-state index is 12.8. The number of nitrogens with zero attached hydrogens (tertiary/aromatic N) is 3. The van der Waals surface area contributed by atoms with Crippen LogP contribution in [0.3, 0.4) is 0 Å². The fourth-order valence-electron chi connectivity index (χ4n) is 3.48. The molecule has 33 heavy (non-hydrogen) atoms. The van der Waals surface area contributed by atoms with E-state index in [0.29, 0.717) is 17.5 Å². The normalized spacial score (nSPS) is 12.7. The van der Waals surface area contributed by atoms with Crippen LogP contribution in [0, 0.1) is 0 Å². The first-order valence-electron chi connectivity index (χ1n) is 11.0. The third-order valence-corrected chi connectivity index (χ3v) is 6.27. The van der Waals surface area contributed by atoms with E-state index in [1.165, 1.54) is 22.2 Å². The highest BCUT2D eigenvalue weighted by atomic mass is 32.2. The monoisotopic (exact) mass is 466 g/mol. The van der Waals surface area contributed by atoms with Gasteiger partial charge in [-0.3, -0.25) is 9.59 Å². The summed E-state index contributed by atoms with van der Waals surface area (Å²) in [6.45, 7) is 5.87. The third-order valence-electron chi connectivity index (χ3n) is 5.35. The number of aryl methyl sites for hydroxylation is 1. The van der Waals surface area contributed by atoms with Crippen LogP contribution in [0.15, 0.2) is 64.2 Å². The Hall–Kier alpha value is -3.13. The number of carbonyl (C=O) groups is 2. The van der Waals surface area contributed by atoms with Gasteiger partial charge in [-0.1, -0.05) is 74.1 Å². The van der Waals surface area contributed by atoms with Gasteiger partial charge in [0.25, 0.3) is 5.22 Å². The van der Waals surface area contributed by atoms with Crippen LogP contribution in [0.4, 0.5) is 5.69 Å². The Morgan fingerprint density at radius 3 is 2.48 bits per heavy atom. The topological polar surface area (TPSA) is 88.3 Å². The number of aromatic nitrogens is 2. The summed E-state index contributed by atoms with van der Waals surface area (Å²) in [5, 5.41) is 11.0. The molecule has 0 aliphatic heterocycles. The Morgan fingerprint density at radius 2 is 1.76 bits per heavy atom. The Labute approximate surface area is 199 Å². The molecule has 1 N–H and O–H groups in total. The van der Waals surface area contributed by atoms with Crippen LogP contribution in [0.5, 0.6) is 0 Å². The van der Waals surface area contributed by atoms with Gasteiger partial charge in [0.2, 0.25) is 17.7 Å². The fourth-order valence-corrected chi connectivity index (χ4v) is 4.29. The summed E-state index contributed by atoms with van der Waals surface area (Å²) in [5.74, 6) is 0.358. The molecule has 0 bridgehead atoms. The lowest BCUT2D eigenvalue weighted by Crippen LogP contribution is -2.39. The number of hydrogen-bond acceptors (Lipinski definition) is 6. The molecule has 2 atom stereocenters. The Bertz CT molecular complexity index is 1070. The van der Waals surface area contributed by atoms with Crippen molar-refractivity contribution < 1.29 is 14.0 Å². The number of hydrogen-bond donors (Lipinski definition) is 1. The zero-order valence-electron chi connectivity index (χ0n) is 19.4. The zero-order valence-corrected chi connectivity index (χ0v) is 20.3. The van der Waals surface area contributed by atoms with Gasteiger partial charge in [-0.05, 0) is 36.5 Å². The third kappa shape index (κ3) is 6.92. The summed E-state index contributed by atoms with van der Waals surface area (Å²) >= 11 is 1.20. The summed E-state index contributed by atoms with van der Waals surface area (Å²) in [6.07, 6.45) is 1.44. The zero-order chi connectivity index (χ0) is 23.8.